The summed E-state index contributed by atoms with van der Waals surface area (Å²) in [5, 5.41) is 10.7. The Balaban J connectivity index is 1.49. The van der Waals surface area contributed by atoms with Crippen LogP contribution < -0.4 is 5.32 Å². The number of carbonyl (C=O) groups excluding carboxylic acids is 1. The normalized spacial score (nSPS) is 11.4. The summed E-state index contributed by atoms with van der Waals surface area (Å²) in [5.41, 5.74) is 4.56. The number of rotatable bonds is 8. The molecule has 2 aromatic heterocycles. The van der Waals surface area contributed by atoms with E-state index in [9.17, 15) is 4.79 Å². The van der Waals surface area contributed by atoms with Crippen molar-refractivity contribution in [1.29, 1.82) is 0 Å². The molecule has 0 bridgehead atoms. The van der Waals surface area contributed by atoms with Crippen LogP contribution in [-0.4, -0.2) is 45.6 Å². The molecule has 8 heteroatoms. The number of aromatic nitrogens is 3. The smallest absolute Gasteiger partial charge is 0.231 e. The van der Waals surface area contributed by atoms with Gasteiger partial charge >= 0.3 is 0 Å². The molecular formula is C23H24ClN5O2. The Morgan fingerprint density at radius 2 is 1.94 bits per heavy atom. The van der Waals surface area contributed by atoms with E-state index in [1.807, 2.05) is 24.3 Å². The van der Waals surface area contributed by atoms with Crippen LogP contribution in [0.3, 0.4) is 0 Å². The number of nitrogens with zero attached hydrogens (tertiary/aromatic N) is 3. The first-order valence-electron chi connectivity index (χ1n) is 10.3. The van der Waals surface area contributed by atoms with Gasteiger partial charge in [0.25, 0.3) is 0 Å². The molecule has 0 aliphatic carbocycles. The van der Waals surface area contributed by atoms with Crippen LogP contribution in [0.2, 0.25) is 5.02 Å². The predicted molar refractivity (Wildman–Crippen MR) is 123 cm³/mol. The summed E-state index contributed by atoms with van der Waals surface area (Å²) in [5.74, 6) is 0.474. The van der Waals surface area contributed by atoms with Crippen LogP contribution in [0.5, 0.6) is 0 Å². The van der Waals surface area contributed by atoms with E-state index in [-0.39, 0.29) is 5.91 Å². The van der Waals surface area contributed by atoms with Gasteiger partial charge in [-0.1, -0.05) is 37.6 Å². The van der Waals surface area contributed by atoms with Gasteiger partial charge in [-0.2, -0.15) is 5.10 Å². The van der Waals surface area contributed by atoms with Crippen LogP contribution in [0.15, 0.2) is 53.1 Å². The number of amides is 1. The first-order chi connectivity index (χ1) is 15.1. The van der Waals surface area contributed by atoms with E-state index in [1.165, 1.54) is 0 Å². The Morgan fingerprint density at radius 1 is 1.16 bits per heavy atom. The molecule has 1 amide bonds. The molecular weight excluding hydrogens is 414 g/mol. The highest BCUT2D eigenvalue weighted by molar-refractivity contribution is 6.31. The SMILES string of the molecule is CCN(CC)CCC(=O)Nc1ccc(-c2[nH]ncc2-c2nc3cc(Cl)ccc3o2)cc1. The zero-order chi connectivity index (χ0) is 21.8. The maximum absolute atomic E-state index is 12.2. The summed E-state index contributed by atoms with van der Waals surface area (Å²) in [6, 6.07) is 12.9. The quantitative estimate of drug-likeness (QED) is 0.395. The van der Waals surface area contributed by atoms with Gasteiger partial charge in [0.15, 0.2) is 5.58 Å². The topological polar surface area (TPSA) is 87.0 Å². The molecule has 0 aliphatic heterocycles. The molecule has 0 unspecified atom stereocenters. The molecule has 160 valence electrons. The van der Waals surface area contributed by atoms with Crippen molar-refractivity contribution >= 4 is 34.3 Å². The van der Waals surface area contributed by atoms with E-state index in [0.717, 1.165) is 42.1 Å². The van der Waals surface area contributed by atoms with Crippen LogP contribution in [0.4, 0.5) is 5.69 Å². The highest BCUT2D eigenvalue weighted by Crippen LogP contribution is 2.32. The minimum Gasteiger partial charge on any atom is -0.436 e. The molecule has 7 nitrogen and oxygen atoms in total. The fraction of sp³-hybridized carbons (Fsp3) is 0.261. The van der Waals surface area contributed by atoms with Crippen molar-refractivity contribution in [3.8, 4) is 22.7 Å². The fourth-order valence-electron chi connectivity index (χ4n) is 3.43. The molecule has 2 heterocycles. The second-order valence-corrected chi connectivity index (χ2v) is 7.63. The number of anilines is 1. The lowest BCUT2D eigenvalue weighted by molar-refractivity contribution is -0.116. The van der Waals surface area contributed by atoms with E-state index in [2.05, 4.69) is 39.2 Å². The van der Waals surface area contributed by atoms with Gasteiger partial charge < -0.3 is 14.6 Å². The van der Waals surface area contributed by atoms with E-state index in [0.29, 0.717) is 28.4 Å². The molecule has 0 fully saturated rings. The number of hydrogen-bond donors (Lipinski definition) is 2. The lowest BCUT2D eigenvalue weighted by Crippen LogP contribution is -2.27. The third kappa shape index (κ3) is 4.78. The monoisotopic (exact) mass is 437 g/mol. The fourth-order valence-corrected chi connectivity index (χ4v) is 3.59. The average Bonchev–Trinajstić information content (AvgIpc) is 3.41. The lowest BCUT2D eigenvalue weighted by atomic mass is 10.1. The van der Waals surface area contributed by atoms with Gasteiger partial charge in [-0.3, -0.25) is 9.89 Å². The average molecular weight is 438 g/mol. The molecule has 0 radical (unpaired) electrons. The maximum atomic E-state index is 12.2. The number of H-pyrrole nitrogens is 1. The Kier molecular flexibility index (Phi) is 6.34. The van der Waals surface area contributed by atoms with Crippen molar-refractivity contribution in [3.63, 3.8) is 0 Å². The molecule has 0 aliphatic rings. The third-order valence-electron chi connectivity index (χ3n) is 5.23. The van der Waals surface area contributed by atoms with Crippen LogP contribution in [0.25, 0.3) is 33.8 Å². The summed E-state index contributed by atoms with van der Waals surface area (Å²) in [7, 11) is 0. The molecule has 4 rings (SSSR count). The Hall–Kier alpha value is -3.16. The van der Waals surface area contributed by atoms with Gasteiger partial charge in [-0.25, -0.2) is 4.98 Å². The lowest BCUT2D eigenvalue weighted by Gasteiger charge is -2.17. The first-order valence-corrected chi connectivity index (χ1v) is 10.7. The van der Waals surface area contributed by atoms with Crippen molar-refractivity contribution in [1.82, 2.24) is 20.1 Å². The molecule has 0 spiro atoms. The zero-order valence-electron chi connectivity index (χ0n) is 17.5. The Bertz CT molecular complexity index is 1180. The zero-order valence-corrected chi connectivity index (χ0v) is 18.2. The largest absolute Gasteiger partial charge is 0.436 e. The van der Waals surface area contributed by atoms with Crippen molar-refractivity contribution in [2.45, 2.75) is 20.3 Å². The minimum absolute atomic E-state index is 0.00650. The van der Waals surface area contributed by atoms with Crippen molar-refractivity contribution in [3.05, 3.63) is 53.7 Å². The number of aromatic amines is 1. The Morgan fingerprint density at radius 3 is 2.68 bits per heavy atom. The van der Waals surface area contributed by atoms with E-state index < -0.39 is 0 Å². The number of oxazole rings is 1. The number of benzene rings is 2. The van der Waals surface area contributed by atoms with Gasteiger partial charge in [0.05, 0.1) is 17.5 Å². The molecule has 4 aromatic rings. The second-order valence-electron chi connectivity index (χ2n) is 7.19. The van der Waals surface area contributed by atoms with E-state index in [1.54, 1.807) is 24.4 Å². The second kappa shape index (κ2) is 9.32. The standard InChI is InChI=1S/C23H24ClN5O2/c1-3-29(4-2)12-11-21(30)26-17-8-5-15(6-9-17)22-18(14-25-28-22)23-27-19-13-16(24)7-10-20(19)31-23/h5-10,13-14H,3-4,11-12H2,1-2H3,(H,25,28)(H,26,30). The molecule has 0 saturated heterocycles. The summed E-state index contributed by atoms with van der Waals surface area (Å²) in [6.45, 7) is 6.83. The highest BCUT2D eigenvalue weighted by atomic mass is 35.5. The first kappa shape index (κ1) is 21.1. The summed E-state index contributed by atoms with van der Waals surface area (Å²) >= 11 is 6.05. The number of halogens is 1. The van der Waals surface area contributed by atoms with Gasteiger partial charge in [-0.05, 0) is 43.4 Å². The van der Waals surface area contributed by atoms with Crippen LogP contribution >= 0.6 is 11.6 Å². The van der Waals surface area contributed by atoms with Gasteiger partial charge in [0.2, 0.25) is 11.8 Å². The third-order valence-corrected chi connectivity index (χ3v) is 5.46. The van der Waals surface area contributed by atoms with Gasteiger partial charge in [0.1, 0.15) is 5.52 Å². The summed E-state index contributed by atoms with van der Waals surface area (Å²) < 4.78 is 5.88. The Labute approximate surface area is 185 Å². The minimum atomic E-state index is 0.00650. The molecule has 2 N–H and O–H groups in total. The van der Waals surface area contributed by atoms with Crippen LogP contribution in [0.1, 0.15) is 20.3 Å². The number of fused-ring (bicyclic) bond motifs is 1. The molecule has 0 saturated carbocycles. The van der Waals surface area contributed by atoms with Gasteiger partial charge in [0, 0.05) is 29.2 Å². The van der Waals surface area contributed by atoms with Gasteiger partial charge in [-0.15, -0.1) is 0 Å². The molecule has 31 heavy (non-hydrogen) atoms. The number of nitrogens with one attached hydrogen (secondary N) is 2. The summed E-state index contributed by atoms with van der Waals surface area (Å²) in [6.07, 6.45) is 2.15. The molecule has 0 atom stereocenters. The van der Waals surface area contributed by atoms with Crippen LogP contribution in [-0.2, 0) is 4.79 Å². The van der Waals surface area contributed by atoms with Crippen molar-refractivity contribution in [2.75, 3.05) is 25.0 Å². The number of carbonyl (C=O) groups is 1. The van der Waals surface area contributed by atoms with E-state index in [4.69, 9.17) is 16.0 Å². The van der Waals surface area contributed by atoms with Crippen molar-refractivity contribution in [2.24, 2.45) is 0 Å². The van der Waals surface area contributed by atoms with E-state index >= 15 is 0 Å². The highest BCUT2D eigenvalue weighted by Gasteiger charge is 2.16. The number of hydrogen-bond acceptors (Lipinski definition) is 5. The van der Waals surface area contributed by atoms with Crippen LogP contribution in [0, 0.1) is 0 Å². The maximum Gasteiger partial charge on any atom is 0.231 e. The summed E-state index contributed by atoms with van der Waals surface area (Å²) in [4.78, 5) is 19.0. The van der Waals surface area contributed by atoms with Crippen molar-refractivity contribution < 1.29 is 9.21 Å². The predicted octanol–water partition coefficient (Wildman–Crippen LogP) is 5.21. The molecule has 2 aromatic carbocycles.